The molecule has 2 N–H and O–H groups in total. The van der Waals surface area contributed by atoms with Crippen LogP contribution in [-0.4, -0.2) is 32.2 Å². The van der Waals surface area contributed by atoms with E-state index in [1.807, 2.05) is 13.0 Å². The van der Waals surface area contributed by atoms with Crippen molar-refractivity contribution in [1.29, 1.82) is 0 Å². The molecule has 0 atom stereocenters. The summed E-state index contributed by atoms with van der Waals surface area (Å²) in [5.41, 5.74) is 0.723. The molecule has 0 spiro atoms. The molecule has 1 amide bonds. The highest BCUT2D eigenvalue weighted by Gasteiger charge is 2.08. The van der Waals surface area contributed by atoms with Crippen LogP contribution in [0.5, 0.6) is 11.5 Å². The van der Waals surface area contributed by atoms with E-state index >= 15 is 0 Å². The van der Waals surface area contributed by atoms with Gasteiger partial charge in [-0.2, -0.15) is 0 Å². The fourth-order valence-corrected chi connectivity index (χ4v) is 1.89. The average Bonchev–Trinajstić information content (AvgIpc) is 2.44. The van der Waals surface area contributed by atoms with Crippen LogP contribution in [0.1, 0.15) is 33.6 Å². The van der Waals surface area contributed by atoms with Crippen molar-refractivity contribution in [3.63, 3.8) is 0 Å². The Bertz CT molecular complexity index is 447. The minimum absolute atomic E-state index is 0.00757. The van der Waals surface area contributed by atoms with Gasteiger partial charge in [0.15, 0.2) is 11.5 Å². The summed E-state index contributed by atoms with van der Waals surface area (Å²) < 4.78 is 10.7. The molecule has 21 heavy (non-hydrogen) atoms. The normalized spacial score (nSPS) is 10.5. The van der Waals surface area contributed by atoms with E-state index in [1.165, 1.54) is 0 Å². The second-order valence-corrected chi connectivity index (χ2v) is 5.06. The lowest BCUT2D eigenvalue weighted by Crippen LogP contribution is -2.24. The molecule has 0 radical (unpaired) electrons. The third-order valence-corrected chi connectivity index (χ3v) is 2.88. The van der Waals surface area contributed by atoms with Crippen molar-refractivity contribution in [2.24, 2.45) is 0 Å². The van der Waals surface area contributed by atoms with Crippen LogP contribution in [0.2, 0.25) is 0 Å². The third-order valence-electron chi connectivity index (χ3n) is 2.88. The molecule has 0 aliphatic heterocycles. The number of carbonyl (C=O) groups is 1. The van der Waals surface area contributed by atoms with E-state index in [2.05, 4.69) is 24.5 Å². The Morgan fingerprint density at radius 2 is 2.05 bits per heavy atom. The highest BCUT2D eigenvalue weighted by atomic mass is 16.5. The third kappa shape index (κ3) is 6.49. The Morgan fingerprint density at radius 3 is 2.67 bits per heavy atom. The minimum atomic E-state index is 0.00757. The molecule has 1 aromatic rings. The zero-order valence-electron chi connectivity index (χ0n) is 13.4. The summed E-state index contributed by atoms with van der Waals surface area (Å²) in [4.78, 5) is 11.9. The zero-order chi connectivity index (χ0) is 15.7. The van der Waals surface area contributed by atoms with Crippen molar-refractivity contribution in [1.82, 2.24) is 5.32 Å². The van der Waals surface area contributed by atoms with Crippen LogP contribution in [-0.2, 0) is 4.79 Å². The van der Waals surface area contributed by atoms with Gasteiger partial charge in [-0.25, -0.2) is 0 Å². The first-order chi connectivity index (χ1) is 10.1. The summed E-state index contributed by atoms with van der Waals surface area (Å²) in [5, 5.41) is 6.17. The first kappa shape index (κ1) is 17.3. The molecule has 1 rings (SSSR count). The molecule has 0 bridgehead atoms. The van der Waals surface area contributed by atoms with Crippen LogP contribution in [0.25, 0.3) is 0 Å². The number of methoxy groups -OCH3 is 1. The van der Waals surface area contributed by atoms with Crippen molar-refractivity contribution in [2.45, 2.75) is 39.7 Å². The summed E-state index contributed by atoms with van der Waals surface area (Å²) in [6.07, 6.45) is 1.31. The van der Waals surface area contributed by atoms with Crippen molar-refractivity contribution < 1.29 is 14.3 Å². The van der Waals surface area contributed by atoms with Gasteiger partial charge in [0.2, 0.25) is 5.91 Å². The van der Waals surface area contributed by atoms with E-state index in [0.29, 0.717) is 30.6 Å². The lowest BCUT2D eigenvalue weighted by molar-refractivity contribution is -0.116. The molecule has 0 aliphatic carbocycles. The molecule has 118 valence electrons. The fourth-order valence-electron chi connectivity index (χ4n) is 1.89. The molecule has 0 fully saturated rings. The van der Waals surface area contributed by atoms with E-state index < -0.39 is 0 Å². The van der Waals surface area contributed by atoms with Crippen LogP contribution in [0, 0.1) is 0 Å². The molecule has 0 saturated heterocycles. The lowest BCUT2D eigenvalue weighted by Gasteiger charge is -2.12. The van der Waals surface area contributed by atoms with Gasteiger partial charge in [-0.15, -0.1) is 0 Å². The summed E-state index contributed by atoms with van der Waals surface area (Å²) in [7, 11) is 1.60. The minimum Gasteiger partial charge on any atom is -0.493 e. The number of benzene rings is 1. The van der Waals surface area contributed by atoms with E-state index in [4.69, 9.17) is 9.47 Å². The molecular formula is C16H26N2O3. The van der Waals surface area contributed by atoms with Crippen molar-refractivity contribution in [3.8, 4) is 11.5 Å². The van der Waals surface area contributed by atoms with Gasteiger partial charge in [-0.1, -0.05) is 13.8 Å². The molecule has 0 heterocycles. The molecule has 0 saturated carbocycles. The highest BCUT2D eigenvalue weighted by molar-refractivity contribution is 5.91. The van der Waals surface area contributed by atoms with Crippen molar-refractivity contribution >= 4 is 11.6 Å². The number of hydrogen-bond donors (Lipinski definition) is 2. The number of ether oxygens (including phenoxy) is 2. The van der Waals surface area contributed by atoms with Crippen molar-refractivity contribution in [2.75, 3.05) is 25.6 Å². The van der Waals surface area contributed by atoms with Crippen LogP contribution in [0.4, 0.5) is 5.69 Å². The number of nitrogens with one attached hydrogen (secondary N) is 2. The Balaban J connectivity index is 2.50. The predicted molar refractivity (Wildman–Crippen MR) is 85.2 cm³/mol. The van der Waals surface area contributed by atoms with Crippen LogP contribution < -0.4 is 20.1 Å². The number of carbonyl (C=O) groups excluding carboxylic acids is 1. The van der Waals surface area contributed by atoms with E-state index in [9.17, 15) is 4.79 Å². The lowest BCUT2D eigenvalue weighted by atomic mass is 10.2. The topological polar surface area (TPSA) is 59.6 Å². The van der Waals surface area contributed by atoms with E-state index in [1.54, 1.807) is 19.2 Å². The molecule has 5 heteroatoms. The smallest absolute Gasteiger partial charge is 0.224 e. The maximum absolute atomic E-state index is 11.9. The second kappa shape index (κ2) is 9.23. The van der Waals surface area contributed by atoms with Gasteiger partial charge in [0.1, 0.15) is 0 Å². The predicted octanol–water partition coefficient (Wildman–Crippen LogP) is 2.81. The van der Waals surface area contributed by atoms with Gasteiger partial charge in [-0.05, 0) is 32.0 Å². The monoisotopic (exact) mass is 294 g/mol. The Labute approximate surface area is 127 Å². The maximum Gasteiger partial charge on any atom is 0.224 e. The fraction of sp³-hybridized carbons (Fsp3) is 0.562. The first-order valence-electron chi connectivity index (χ1n) is 7.40. The molecule has 0 unspecified atom stereocenters. The zero-order valence-corrected chi connectivity index (χ0v) is 13.4. The maximum atomic E-state index is 11.9. The van der Waals surface area contributed by atoms with Crippen LogP contribution in [0.3, 0.4) is 0 Å². The number of anilines is 1. The molecule has 0 aromatic heterocycles. The molecule has 5 nitrogen and oxygen atoms in total. The summed E-state index contributed by atoms with van der Waals surface area (Å²) in [6.45, 7) is 7.48. The Morgan fingerprint density at radius 1 is 1.29 bits per heavy atom. The quantitative estimate of drug-likeness (QED) is 0.688. The van der Waals surface area contributed by atoms with Gasteiger partial charge in [0, 0.05) is 24.2 Å². The van der Waals surface area contributed by atoms with Crippen LogP contribution in [0.15, 0.2) is 18.2 Å². The molecule has 1 aromatic carbocycles. The average molecular weight is 294 g/mol. The van der Waals surface area contributed by atoms with Crippen LogP contribution >= 0.6 is 0 Å². The standard InChI is InChI=1S/C16H26N2O3/c1-5-21-15-11-13(8-9-14(15)20-4)18-16(19)7-6-10-17-12(2)3/h8-9,11-12,17H,5-7,10H2,1-4H3,(H,18,19). The Hall–Kier alpha value is -1.75. The first-order valence-corrected chi connectivity index (χ1v) is 7.40. The SMILES string of the molecule is CCOc1cc(NC(=O)CCCNC(C)C)ccc1OC. The van der Waals surface area contributed by atoms with Gasteiger partial charge in [0.25, 0.3) is 0 Å². The highest BCUT2D eigenvalue weighted by Crippen LogP contribution is 2.30. The van der Waals surface area contributed by atoms with Gasteiger partial charge < -0.3 is 20.1 Å². The largest absolute Gasteiger partial charge is 0.493 e. The summed E-state index contributed by atoms with van der Waals surface area (Å²) in [5.74, 6) is 1.31. The second-order valence-electron chi connectivity index (χ2n) is 5.06. The Kier molecular flexibility index (Phi) is 7.61. The van der Waals surface area contributed by atoms with E-state index in [0.717, 1.165) is 18.7 Å². The molecular weight excluding hydrogens is 268 g/mol. The van der Waals surface area contributed by atoms with E-state index in [-0.39, 0.29) is 5.91 Å². The van der Waals surface area contributed by atoms with Gasteiger partial charge >= 0.3 is 0 Å². The summed E-state index contributed by atoms with van der Waals surface area (Å²) in [6, 6.07) is 5.84. The number of hydrogen-bond acceptors (Lipinski definition) is 4. The number of rotatable bonds is 9. The van der Waals surface area contributed by atoms with Crippen molar-refractivity contribution in [3.05, 3.63) is 18.2 Å². The van der Waals surface area contributed by atoms with Gasteiger partial charge in [-0.3, -0.25) is 4.79 Å². The summed E-state index contributed by atoms with van der Waals surface area (Å²) >= 11 is 0. The number of amides is 1. The van der Waals surface area contributed by atoms with Gasteiger partial charge in [0.05, 0.1) is 13.7 Å². The molecule has 0 aliphatic rings.